The van der Waals surface area contributed by atoms with Crippen LogP contribution in [0.3, 0.4) is 0 Å². The zero-order valence-corrected chi connectivity index (χ0v) is 12.5. The SMILES string of the molecule is CC(C)NCc1ccc(NC(=O)NC(C)(C)C)cc1. The maximum absolute atomic E-state index is 11.7. The van der Waals surface area contributed by atoms with E-state index in [0.717, 1.165) is 12.2 Å². The van der Waals surface area contributed by atoms with Crippen LogP contribution in [-0.2, 0) is 6.54 Å². The van der Waals surface area contributed by atoms with Crippen LogP contribution in [0.5, 0.6) is 0 Å². The Hall–Kier alpha value is -1.55. The molecule has 1 aromatic carbocycles. The summed E-state index contributed by atoms with van der Waals surface area (Å²) >= 11 is 0. The van der Waals surface area contributed by atoms with E-state index in [0.29, 0.717) is 6.04 Å². The van der Waals surface area contributed by atoms with Gasteiger partial charge in [-0.05, 0) is 38.5 Å². The molecule has 0 saturated carbocycles. The third-order valence-electron chi connectivity index (χ3n) is 2.41. The molecule has 0 saturated heterocycles. The number of urea groups is 1. The van der Waals surface area contributed by atoms with Gasteiger partial charge in [0.25, 0.3) is 0 Å². The molecule has 0 bridgehead atoms. The maximum atomic E-state index is 11.7. The zero-order chi connectivity index (χ0) is 14.5. The van der Waals surface area contributed by atoms with Crippen molar-refractivity contribution in [3.05, 3.63) is 29.8 Å². The van der Waals surface area contributed by atoms with Crippen LogP contribution in [0.15, 0.2) is 24.3 Å². The van der Waals surface area contributed by atoms with Gasteiger partial charge in [0, 0.05) is 23.8 Å². The summed E-state index contributed by atoms with van der Waals surface area (Å²) in [7, 11) is 0. The van der Waals surface area contributed by atoms with Crippen LogP contribution in [0.2, 0.25) is 0 Å². The highest BCUT2D eigenvalue weighted by Crippen LogP contribution is 2.10. The normalized spacial score (nSPS) is 11.5. The number of rotatable bonds is 4. The summed E-state index contributed by atoms with van der Waals surface area (Å²) in [5.41, 5.74) is 1.77. The van der Waals surface area contributed by atoms with Crippen molar-refractivity contribution in [2.24, 2.45) is 0 Å². The van der Waals surface area contributed by atoms with Crippen molar-refractivity contribution >= 4 is 11.7 Å². The van der Waals surface area contributed by atoms with Crippen molar-refractivity contribution in [1.29, 1.82) is 0 Å². The highest BCUT2D eigenvalue weighted by molar-refractivity contribution is 5.89. The number of carbonyl (C=O) groups excluding carboxylic acids is 1. The Kier molecular flexibility index (Phi) is 5.36. The Morgan fingerprint density at radius 1 is 1.16 bits per heavy atom. The van der Waals surface area contributed by atoms with Gasteiger partial charge in [-0.1, -0.05) is 26.0 Å². The molecule has 1 rings (SSSR count). The lowest BCUT2D eigenvalue weighted by atomic mass is 10.1. The molecule has 1 aromatic rings. The third kappa shape index (κ3) is 6.82. The van der Waals surface area contributed by atoms with Gasteiger partial charge in [0.15, 0.2) is 0 Å². The second-order valence-corrected chi connectivity index (χ2v) is 6.06. The first-order chi connectivity index (χ1) is 8.76. The predicted octanol–water partition coefficient (Wildman–Crippen LogP) is 3.10. The fraction of sp³-hybridized carbons (Fsp3) is 0.533. The highest BCUT2D eigenvalue weighted by Gasteiger charge is 2.13. The van der Waals surface area contributed by atoms with Crippen molar-refractivity contribution in [3.63, 3.8) is 0 Å². The minimum Gasteiger partial charge on any atom is -0.333 e. The van der Waals surface area contributed by atoms with E-state index in [4.69, 9.17) is 0 Å². The average molecular weight is 263 g/mol. The Morgan fingerprint density at radius 3 is 2.21 bits per heavy atom. The first-order valence-corrected chi connectivity index (χ1v) is 6.68. The van der Waals surface area contributed by atoms with E-state index < -0.39 is 0 Å². The van der Waals surface area contributed by atoms with Gasteiger partial charge in [0.2, 0.25) is 0 Å². The van der Waals surface area contributed by atoms with E-state index in [1.54, 1.807) is 0 Å². The molecule has 0 fully saturated rings. The van der Waals surface area contributed by atoms with Crippen LogP contribution >= 0.6 is 0 Å². The average Bonchev–Trinajstić information content (AvgIpc) is 2.25. The molecule has 0 radical (unpaired) electrons. The molecule has 0 heterocycles. The molecule has 0 atom stereocenters. The topological polar surface area (TPSA) is 53.2 Å². The Balaban J connectivity index is 2.50. The van der Waals surface area contributed by atoms with Gasteiger partial charge in [-0.3, -0.25) is 0 Å². The Morgan fingerprint density at radius 2 is 1.74 bits per heavy atom. The van der Waals surface area contributed by atoms with E-state index in [-0.39, 0.29) is 11.6 Å². The summed E-state index contributed by atoms with van der Waals surface area (Å²) in [6.45, 7) is 10.9. The number of carbonyl (C=O) groups is 1. The van der Waals surface area contributed by atoms with Gasteiger partial charge in [0.05, 0.1) is 0 Å². The van der Waals surface area contributed by atoms with Gasteiger partial charge >= 0.3 is 6.03 Å². The standard InChI is InChI=1S/C15H25N3O/c1-11(2)16-10-12-6-8-13(9-7-12)17-14(19)18-15(3,4)5/h6-9,11,16H,10H2,1-5H3,(H2,17,18,19). The van der Waals surface area contributed by atoms with E-state index in [2.05, 4.69) is 29.8 Å². The maximum Gasteiger partial charge on any atom is 0.319 e. The first-order valence-electron chi connectivity index (χ1n) is 6.68. The fourth-order valence-corrected chi connectivity index (χ4v) is 1.53. The minimum absolute atomic E-state index is 0.180. The summed E-state index contributed by atoms with van der Waals surface area (Å²) in [6, 6.07) is 8.15. The van der Waals surface area contributed by atoms with Gasteiger partial charge < -0.3 is 16.0 Å². The minimum atomic E-state index is -0.231. The van der Waals surface area contributed by atoms with E-state index in [1.165, 1.54) is 5.56 Å². The molecule has 0 unspecified atom stereocenters. The molecule has 0 aromatic heterocycles. The smallest absolute Gasteiger partial charge is 0.319 e. The van der Waals surface area contributed by atoms with Crippen LogP contribution in [-0.4, -0.2) is 17.6 Å². The van der Waals surface area contributed by atoms with Crippen molar-refractivity contribution in [3.8, 4) is 0 Å². The molecule has 106 valence electrons. The van der Waals surface area contributed by atoms with Crippen LogP contribution < -0.4 is 16.0 Å². The molecular formula is C15H25N3O. The quantitative estimate of drug-likeness (QED) is 0.782. The van der Waals surface area contributed by atoms with Crippen molar-refractivity contribution in [2.45, 2.75) is 52.7 Å². The van der Waals surface area contributed by atoms with E-state index in [9.17, 15) is 4.79 Å². The fourth-order valence-electron chi connectivity index (χ4n) is 1.53. The highest BCUT2D eigenvalue weighted by atomic mass is 16.2. The molecule has 4 nitrogen and oxygen atoms in total. The number of hydrogen-bond acceptors (Lipinski definition) is 2. The monoisotopic (exact) mass is 263 g/mol. The predicted molar refractivity (Wildman–Crippen MR) is 80.3 cm³/mol. The van der Waals surface area contributed by atoms with Crippen LogP contribution in [0.4, 0.5) is 10.5 Å². The molecule has 3 N–H and O–H groups in total. The van der Waals surface area contributed by atoms with Gasteiger partial charge in [0.1, 0.15) is 0 Å². The molecule has 0 spiro atoms. The lowest BCUT2D eigenvalue weighted by Crippen LogP contribution is -2.43. The molecule has 0 aliphatic rings. The second kappa shape index (κ2) is 6.57. The van der Waals surface area contributed by atoms with Crippen LogP contribution in [0.1, 0.15) is 40.2 Å². The number of amides is 2. The molecule has 0 aliphatic carbocycles. The molecule has 0 aliphatic heterocycles. The first kappa shape index (κ1) is 15.5. The van der Waals surface area contributed by atoms with Crippen molar-refractivity contribution in [2.75, 3.05) is 5.32 Å². The van der Waals surface area contributed by atoms with Gasteiger partial charge in [-0.2, -0.15) is 0 Å². The van der Waals surface area contributed by atoms with E-state index >= 15 is 0 Å². The van der Waals surface area contributed by atoms with Crippen molar-refractivity contribution in [1.82, 2.24) is 10.6 Å². The molecular weight excluding hydrogens is 238 g/mol. The second-order valence-electron chi connectivity index (χ2n) is 6.06. The van der Waals surface area contributed by atoms with Crippen LogP contribution in [0, 0.1) is 0 Å². The number of nitrogens with one attached hydrogen (secondary N) is 3. The lowest BCUT2D eigenvalue weighted by molar-refractivity contribution is 0.244. The summed E-state index contributed by atoms with van der Waals surface area (Å²) in [6.07, 6.45) is 0. The largest absolute Gasteiger partial charge is 0.333 e. The summed E-state index contributed by atoms with van der Waals surface area (Å²) < 4.78 is 0. The van der Waals surface area contributed by atoms with Crippen molar-refractivity contribution < 1.29 is 4.79 Å². The summed E-state index contributed by atoms with van der Waals surface area (Å²) in [5.74, 6) is 0. The number of anilines is 1. The number of benzene rings is 1. The summed E-state index contributed by atoms with van der Waals surface area (Å²) in [5, 5.41) is 9.03. The molecule has 2 amide bonds. The van der Waals surface area contributed by atoms with E-state index in [1.807, 2.05) is 45.0 Å². The molecule has 4 heteroatoms. The summed E-state index contributed by atoms with van der Waals surface area (Å²) in [4.78, 5) is 11.7. The number of hydrogen-bond donors (Lipinski definition) is 3. The Labute approximate surface area is 116 Å². The van der Waals surface area contributed by atoms with Gasteiger partial charge in [-0.15, -0.1) is 0 Å². The zero-order valence-electron chi connectivity index (χ0n) is 12.5. The van der Waals surface area contributed by atoms with Gasteiger partial charge in [-0.25, -0.2) is 4.79 Å². The lowest BCUT2D eigenvalue weighted by Gasteiger charge is -2.20. The molecule has 19 heavy (non-hydrogen) atoms. The third-order valence-corrected chi connectivity index (χ3v) is 2.41. The Bertz CT molecular complexity index is 404. The van der Waals surface area contributed by atoms with Crippen LogP contribution in [0.25, 0.3) is 0 Å².